The SMILES string of the molecule is CN=C(NCCc1ccc(OC(C)C)cc1)N1CCOC(c2cnn(C)c2)C1.I. The van der Waals surface area contributed by atoms with E-state index in [0.717, 1.165) is 43.3 Å². The van der Waals surface area contributed by atoms with E-state index in [0.29, 0.717) is 6.61 Å². The lowest BCUT2D eigenvalue weighted by Gasteiger charge is -2.34. The Morgan fingerprint density at radius 2 is 2.10 bits per heavy atom. The summed E-state index contributed by atoms with van der Waals surface area (Å²) in [7, 11) is 3.75. The maximum absolute atomic E-state index is 5.92. The van der Waals surface area contributed by atoms with E-state index in [1.54, 1.807) is 0 Å². The van der Waals surface area contributed by atoms with Gasteiger partial charge in [0.25, 0.3) is 0 Å². The topological polar surface area (TPSA) is 63.9 Å². The minimum absolute atomic E-state index is 0. The largest absolute Gasteiger partial charge is 0.491 e. The van der Waals surface area contributed by atoms with Gasteiger partial charge in [-0.3, -0.25) is 9.67 Å². The van der Waals surface area contributed by atoms with Crippen molar-refractivity contribution in [2.45, 2.75) is 32.5 Å². The number of hydrogen-bond donors (Lipinski definition) is 1. The summed E-state index contributed by atoms with van der Waals surface area (Å²) >= 11 is 0. The van der Waals surface area contributed by atoms with Gasteiger partial charge in [-0.15, -0.1) is 24.0 Å². The van der Waals surface area contributed by atoms with Crippen LogP contribution in [0.2, 0.25) is 0 Å². The van der Waals surface area contributed by atoms with Crippen LogP contribution < -0.4 is 10.1 Å². The number of nitrogens with zero attached hydrogens (tertiary/aromatic N) is 4. The Morgan fingerprint density at radius 3 is 2.72 bits per heavy atom. The third-order valence-electron chi connectivity index (χ3n) is 4.67. The van der Waals surface area contributed by atoms with E-state index in [9.17, 15) is 0 Å². The van der Waals surface area contributed by atoms with Crippen LogP contribution in [0.25, 0.3) is 0 Å². The minimum atomic E-state index is 0. The summed E-state index contributed by atoms with van der Waals surface area (Å²) in [5, 5.41) is 7.73. The average molecular weight is 513 g/mol. The second kappa shape index (κ2) is 11.4. The summed E-state index contributed by atoms with van der Waals surface area (Å²) in [6.07, 6.45) is 5.03. The molecule has 0 radical (unpaired) electrons. The summed E-state index contributed by atoms with van der Waals surface area (Å²) in [6, 6.07) is 8.31. The molecule has 29 heavy (non-hydrogen) atoms. The molecule has 0 spiro atoms. The number of guanidine groups is 1. The summed E-state index contributed by atoms with van der Waals surface area (Å²) in [5.41, 5.74) is 2.38. The molecule has 0 amide bonds. The van der Waals surface area contributed by atoms with E-state index in [4.69, 9.17) is 9.47 Å². The van der Waals surface area contributed by atoms with Gasteiger partial charge in [0, 0.05) is 38.9 Å². The van der Waals surface area contributed by atoms with Crippen LogP contribution >= 0.6 is 24.0 Å². The Kier molecular flexibility index (Phi) is 9.22. The fourth-order valence-corrected chi connectivity index (χ4v) is 3.31. The molecule has 7 nitrogen and oxygen atoms in total. The molecule has 2 aromatic rings. The third-order valence-corrected chi connectivity index (χ3v) is 4.67. The highest BCUT2D eigenvalue weighted by Gasteiger charge is 2.25. The molecule has 1 aliphatic rings. The molecule has 160 valence electrons. The molecule has 1 atom stereocenters. The van der Waals surface area contributed by atoms with Gasteiger partial charge in [0.1, 0.15) is 11.9 Å². The maximum atomic E-state index is 5.92. The normalized spacial score (nSPS) is 17.2. The van der Waals surface area contributed by atoms with Crippen LogP contribution in [-0.4, -0.2) is 60.0 Å². The van der Waals surface area contributed by atoms with Gasteiger partial charge < -0.3 is 19.7 Å². The Hall–Kier alpha value is -1.81. The molecular weight excluding hydrogens is 481 g/mol. The van der Waals surface area contributed by atoms with Crippen molar-refractivity contribution in [3.8, 4) is 5.75 Å². The van der Waals surface area contributed by atoms with Crippen molar-refractivity contribution < 1.29 is 9.47 Å². The molecular formula is C21H32IN5O2. The van der Waals surface area contributed by atoms with Crippen LogP contribution in [0, 0.1) is 0 Å². The van der Waals surface area contributed by atoms with Gasteiger partial charge in [0.2, 0.25) is 0 Å². The molecule has 0 bridgehead atoms. The van der Waals surface area contributed by atoms with Crippen LogP contribution in [-0.2, 0) is 18.2 Å². The standard InChI is InChI=1S/C21H31N5O2.HI/c1-16(2)28-19-7-5-17(6-8-19)9-10-23-21(22-3)26-11-12-27-20(15-26)18-13-24-25(4)14-18;/h5-8,13-14,16,20H,9-12,15H2,1-4H3,(H,22,23);1H. The van der Waals surface area contributed by atoms with E-state index in [2.05, 4.69) is 32.4 Å². The monoisotopic (exact) mass is 513 g/mol. The molecule has 1 saturated heterocycles. The quantitative estimate of drug-likeness (QED) is 0.366. The van der Waals surface area contributed by atoms with Gasteiger partial charge in [-0.2, -0.15) is 5.10 Å². The molecule has 0 aliphatic carbocycles. The summed E-state index contributed by atoms with van der Waals surface area (Å²) in [4.78, 5) is 6.71. The van der Waals surface area contributed by atoms with Crippen LogP contribution in [0.1, 0.15) is 31.1 Å². The number of benzene rings is 1. The van der Waals surface area contributed by atoms with Crippen molar-refractivity contribution in [1.82, 2.24) is 20.0 Å². The number of ether oxygens (including phenoxy) is 2. The highest BCUT2D eigenvalue weighted by Crippen LogP contribution is 2.21. The molecule has 1 aromatic carbocycles. The maximum Gasteiger partial charge on any atom is 0.193 e. The van der Waals surface area contributed by atoms with Gasteiger partial charge in [0.05, 0.1) is 25.5 Å². The van der Waals surface area contributed by atoms with Crippen LogP contribution in [0.15, 0.2) is 41.7 Å². The molecule has 2 heterocycles. The summed E-state index contributed by atoms with van der Waals surface area (Å²) < 4.78 is 13.4. The molecule has 1 unspecified atom stereocenters. The molecule has 0 saturated carbocycles. The molecule has 1 N–H and O–H groups in total. The molecule has 8 heteroatoms. The predicted molar refractivity (Wildman–Crippen MR) is 126 cm³/mol. The summed E-state index contributed by atoms with van der Waals surface area (Å²) in [5.74, 6) is 1.83. The predicted octanol–water partition coefficient (Wildman–Crippen LogP) is 3.02. The smallest absolute Gasteiger partial charge is 0.193 e. The second-order valence-corrected chi connectivity index (χ2v) is 7.29. The van der Waals surface area contributed by atoms with Crippen molar-refractivity contribution in [3.05, 3.63) is 47.8 Å². The van der Waals surface area contributed by atoms with E-state index in [1.807, 2.05) is 57.2 Å². The lowest BCUT2D eigenvalue weighted by Crippen LogP contribution is -2.48. The first-order valence-electron chi connectivity index (χ1n) is 9.86. The highest BCUT2D eigenvalue weighted by atomic mass is 127. The number of morpholine rings is 1. The van der Waals surface area contributed by atoms with E-state index >= 15 is 0 Å². The van der Waals surface area contributed by atoms with Crippen LogP contribution in [0.4, 0.5) is 0 Å². The number of halogens is 1. The van der Waals surface area contributed by atoms with Gasteiger partial charge in [-0.25, -0.2) is 0 Å². The van der Waals surface area contributed by atoms with Crippen molar-refractivity contribution in [1.29, 1.82) is 0 Å². The number of nitrogens with one attached hydrogen (secondary N) is 1. The Morgan fingerprint density at radius 1 is 1.34 bits per heavy atom. The molecule has 1 fully saturated rings. The number of rotatable bonds is 6. The van der Waals surface area contributed by atoms with Gasteiger partial charge >= 0.3 is 0 Å². The van der Waals surface area contributed by atoms with Gasteiger partial charge in [-0.05, 0) is 38.0 Å². The van der Waals surface area contributed by atoms with E-state index in [-0.39, 0.29) is 36.2 Å². The lowest BCUT2D eigenvalue weighted by atomic mass is 10.1. The Bertz CT molecular complexity index is 776. The first kappa shape index (κ1) is 23.5. The average Bonchev–Trinajstić information content (AvgIpc) is 3.13. The van der Waals surface area contributed by atoms with Crippen LogP contribution in [0.5, 0.6) is 5.75 Å². The highest BCUT2D eigenvalue weighted by molar-refractivity contribution is 14.0. The first-order valence-corrected chi connectivity index (χ1v) is 9.86. The van der Waals surface area contributed by atoms with Crippen LogP contribution in [0.3, 0.4) is 0 Å². The fraction of sp³-hybridized carbons (Fsp3) is 0.524. The fourth-order valence-electron chi connectivity index (χ4n) is 3.31. The van der Waals surface area contributed by atoms with Crippen molar-refractivity contribution in [2.24, 2.45) is 12.0 Å². The summed E-state index contributed by atoms with van der Waals surface area (Å²) in [6.45, 7) is 7.18. The molecule has 3 rings (SSSR count). The zero-order valence-corrected chi connectivity index (χ0v) is 20.0. The Balaban J connectivity index is 0.00000300. The second-order valence-electron chi connectivity index (χ2n) is 7.29. The number of aliphatic imine (C=N–C) groups is 1. The van der Waals surface area contributed by atoms with Gasteiger partial charge in [-0.1, -0.05) is 12.1 Å². The third kappa shape index (κ3) is 6.88. The zero-order valence-electron chi connectivity index (χ0n) is 17.7. The number of aromatic nitrogens is 2. The van der Waals surface area contributed by atoms with E-state index < -0.39 is 0 Å². The van der Waals surface area contributed by atoms with Crippen molar-refractivity contribution in [3.63, 3.8) is 0 Å². The van der Waals surface area contributed by atoms with E-state index in [1.165, 1.54) is 5.56 Å². The molecule has 1 aliphatic heterocycles. The lowest BCUT2D eigenvalue weighted by molar-refractivity contribution is -0.00800. The minimum Gasteiger partial charge on any atom is -0.491 e. The Labute approximate surface area is 190 Å². The number of aryl methyl sites for hydroxylation is 1. The first-order chi connectivity index (χ1) is 13.5. The van der Waals surface area contributed by atoms with Crippen molar-refractivity contribution >= 4 is 29.9 Å². The van der Waals surface area contributed by atoms with Crippen molar-refractivity contribution in [2.75, 3.05) is 33.3 Å². The molecule has 1 aromatic heterocycles. The zero-order chi connectivity index (χ0) is 19.9. The number of hydrogen-bond acceptors (Lipinski definition) is 4. The van der Waals surface area contributed by atoms with Gasteiger partial charge in [0.15, 0.2) is 5.96 Å².